The molecule has 0 bridgehead atoms. The maximum Gasteiger partial charge on any atom is 0.220 e. The Bertz CT molecular complexity index is 2180. The number of carbonyl (C=O) groups excluding carboxylic acids is 11. The van der Waals surface area contributed by atoms with E-state index in [9.17, 15) is 52.7 Å². The third-order valence-corrected chi connectivity index (χ3v) is 19.1. The van der Waals surface area contributed by atoms with Crippen molar-refractivity contribution in [1.82, 2.24) is 31.9 Å². The Hall–Kier alpha value is -4.83. The Labute approximate surface area is 666 Å². The molecule has 0 rings (SSSR count). The molecule has 0 saturated heterocycles. The highest BCUT2D eigenvalue weighted by Crippen LogP contribution is 2.17. The fraction of sp³-hybridized carbons (Fsp3) is 0.879. The van der Waals surface area contributed by atoms with Crippen LogP contribution in [0.1, 0.15) is 452 Å². The standard InChI is InChI=1S/C33H62N2O4.C30H58N2O3.C25H46N2O4.3CH4/c1-28(2)26-30(36)27-35-33(39)24-20-16-12-8-7-11-15-19-23-32(38)34-25-21-17-13-9-5-6-10-14-18-22-31(37)29(3)4;1-26(2)28(33)22-18-14-10-6-5-9-13-17-21-25-31-29(34)23-19-15-11-7-8-12-16-20-24-30(35)32-27(3)4;1-20(2)18-22(28)19-27-25(31)16-12-10-8-6-5-7-9-11-15-24(30)26-17-13-14-23(29)21(3)4;;;/h28-29H,5-27H2,1-4H3,(H,34,38)(H,35,39);26-27H,5-25H2,1-4H3,(H,31,34)(H,32,35);20-21H,5-19H2,1-4H3,(H,26,30)(H,27,31);3*1H4. The lowest BCUT2D eigenvalue weighted by atomic mass is 10.0. The molecule has 6 N–H and O–H groups in total. The number of amides is 6. The highest BCUT2D eigenvalue weighted by Gasteiger charge is 2.13. The third kappa shape index (κ3) is 91.8. The Morgan fingerprint density at radius 2 is 0.380 bits per heavy atom. The number of nitrogens with one attached hydrogen (secondary N) is 6. The lowest BCUT2D eigenvalue weighted by molar-refractivity contribution is -0.125. The maximum atomic E-state index is 12.0. The van der Waals surface area contributed by atoms with Gasteiger partial charge in [0.2, 0.25) is 35.4 Å². The Morgan fingerprint density at radius 1 is 0.204 bits per heavy atom. The summed E-state index contributed by atoms with van der Waals surface area (Å²) in [6, 6.07) is 0.236. The second kappa shape index (κ2) is 84.6. The molecule has 0 aliphatic carbocycles. The molecule has 0 aromatic heterocycles. The monoisotopic (exact) mass is 1530 g/mol. The van der Waals surface area contributed by atoms with Gasteiger partial charge in [0.1, 0.15) is 17.3 Å². The van der Waals surface area contributed by atoms with Crippen LogP contribution in [0.15, 0.2) is 0 Å². The van der Waals surface area contributed by atoms with Crippen LogP contribution in [0.5, 0.6) is 0 Å². The molecular weight excluding hydrogens is 1350 g/mol. The number of hydrogen-bond donors (Lipinski definition) is 6. The van der Waals surface area contributed by atoms with Gasteiger partial charge in [-0.3, -0.25) is 52.7 Å². The second-order valence-electron chi connectivity index (χ2n) is 32.4. The number of hydrogen-bond acceptors (Lipinski definition) is 11. The van der Waals surface area contributed by atoms with Crippen LogP contribution in [0.3, 0.4) is 0 Å². The zero-order chi connectivity index (χ0) is 78.8. The summed E-state index contributed by atoms with van der Waals surface area (Å²) in [5, 5.41) is 17.4. The smallest absolute Gasteiger partial charge is 0.220 e. The quantitative estimate of drug-likeness (QED) is 0.0312. The van der Waals surface area contributed by atoms with E-state index < -0.39 is 0 Å². The molecule has 0 aliphatic heterocycles. The lowest BCUT2D eigenvalue weighted by Gasteiger charge is -2.08. The van der Waals surface area contributed by atoms with Crippen LogP contribution in [0.25, 0.3) is 0 Å². The Morgan fingerprint density at radius 3 is 0.593 bits per heavy atom. The minimum Gasteiger partial charge on any atom is -0.356 e. The minimum absolute atomic E-state index is 0. The van der Waals surface area contributed by atoms with Crippen LogP contribution in [0.2, 0.25) is 0 Å². The van der Waals surface area contributed by atoms with E-state index in [2.05, 4.69) is 31.9 Å². The van der Waals surface area contributed by atoms with Gasteiger partial charge in [-0.2, -0.15) is 0 Å². The normalized spacial score (nSPS) is 10.9. The van der Waals surface area contributed by atoms with E-state index in [4.69, 9.17) is 0 Å². The molecule has 0 fully saturated rings. The predicted molar refractivity (Wildman–Crippen MR) is 457 cm³/mol. The first-order valence-electron chi connectivity index (χ1n) is 43.5. The van der Waals surface area contributed by atoms with Crippen molar-refractivity contribution >= 4 is 64.4 Å². The summed E-state index contributed by atoms with van der Waals surface area (Å²) in [5.41, 5.74) is 0. The van der Waals surface area contributed by atoms with Gasteiger partial charge in [0.25, 0.3) is 0 Å². The number of unbranched alkanes of at least 4 members (excludes halogenated alkanes) is 37. The molecule has 0 aromatic carbocycles. The average molecular weight is 1530 g/mol. The number of rotatable bonds is 73. The molecule has 108 heavy (non-hydrogen) atoms. The summed E-state index contributed by atoms with van der Waals surface area (Å²) in [7, 11) is 0. The van der Waals surface area contributed by atoms with E-state index in [-0.39, 0.29) is 112 Å². The molecule has 0 aromatic rings. The van der Waals surface area contributed by atoms with Crippen LogP contribution < -0.4 is 31.9 Å². The Balaban J connectivity index is -0.000000359. The van der Waals surface area contributed by atoms with Crippen LogP contribution in [-0.2, 0) is 52.7 Å². The molecule has 17 nitrogen and oxygen atoms in total. The zero-order valence-electron chi connectivity index (χ0n) is 70.2. The van der Waals surface area contributed by atoms with Gasteiger partial charge in [0, 0.05) is 114 Å². The SMILES string of the molecule is C.C.C.CC(C)CC(=O)CNC(=O)CCCCCCCCCCC(=O)NCCCC(=O)C(C)C.CC(C)CC(=O)CNC(=O)CCCCCCCCCCC(=O)NCCCCCCCCCCCC(=O)C(C)C.CC(C)NC(=O)CCCCCCCCCCC(=O)NCCCCCCCCCCCC(=O)C(C)C. The maximum absolute atomic E-state index is 12.0. The lowest BCUT2D eigenvalue weighted by Crippen LogP contribution is -2.29. The average Bonchev–Trinajstić information content (AvgIpc) is 1.10. The molecule has 0 aliphatic rings. The Kier molecular flexibility index (Phi) is 89.4. The van der Waals surface area contributed by atoms with Crippen molar-refractivity contribution in [3.8, 4) is 0 Å². The van der Waals surface area contributed by atoms with Crippen LogP contribution in [0, 0.1) is 29.6 Å². The largest absolute Gasteiger partial charge is 0.356 e. The first-order valence-corrected chi connectivity index (χ1v) is 43.5. The molecule has 0 spiro atoms. The summed E-state index contributed by atoms with van der Waals surface area (Å²) >= 11 is 0. The number of Topliss-reactive ketones (excluding diaryl/α,β-unsaturated/α-hetero) is 5. The second-order valence-corrected chi connectivity index (χ2v) is 32.4. The van der Waals surface area contributed by atoms with Crippen molar-refractivity contribution in [2.75, 3.05) is 32.7 Å². The summed E-state index contributed by atoms with van der Waals surface area (Å²) < 4.78 is 0. The molecule has 17 heteroatoms. The van der Waals surface area contributed by atoms with Crippen molar-refractivity contribution in [3.05, 3.63) is 0 Å². The van der Waals surface area contributed by atoms with Crippen LogP contribution in [-0.4, -0.2) is 103 Å². The predicted octanol–water partition coefficient (Wildman–Crippen LogP) is 22.2. The van der Waals surface area contributed by atoms with Crippen LogP contribution >= 0.6 is 0 Å². The van der Waals surface area contributed by atoms with E-state index in [1.54, 1.807) is 0 Å². The summed E-state index contributed by atoms with van der Waals surface area (Å²) in [6.45, 7) is 26.3. The molecule has 0 unspecified atom stereocenters. The fourth-order valence-electron chi connectivity index (χ4n) is 12.3. The summed E-state index contributed by atoms with van der Waals surface area (Å²) in [5.74, 6) is 2.99. The molecular formula is C91H178N6O11. The molecule has 6 amide bonds. The molecule has 638 valence electrons. The molecule has 0 heterocycles. The third-order valence-electron chi connectivity index (χ3n) is 19.1. The zero-order valence-corrected chi connectivity index (χ0v) is 70.2. The van der Waals surface area contributed by atoms with Crippen molar-refractivity contribution in [1.29, 1.82) is 0 Å². The first kappa shape index (κ1) is 114. The van der Waals surface area contributed by atoms with E-state index >= 15 is 0 Å². The van der Waals surface area contributed by atoms with E-state index in [1.165, 1.54) is 135 Å². The van der Waals surface area contributed by atoms with Gasteiger partial charge in [0.05, 0.1) is 13.1 Å². The van der Waals surface area contributed by atoms with Crippen molar-refractivity contribution in [2.24, 2.45) is 29.6 Å². The van der Waals surface area contributed by atoms with Gasteiger partial charge in [-0.1, -0.05) is 297 Å². The topological polar surface area (TPSA) is 260 Å². The van der Waals surface area contributed by atoms with Gasteiger partial charge in [-0.05, 0) is 96.3 Å². The molecule has 0 atom stereocenters. The summed E-state index contributed by atoms with van der Waals surface area (Å²) in [6.07, 6.45) is 55.3. The number of ketones is 5. The van der Waals surface area contributed by atoms with Gasteiger partial charge in [-0.25, -0.2) is 0 Å². The van der Waals surface area contributed by atoms with Crippen molar-refractivity contribution in [3.63, 3.8) is 0 Å². The highest BCUT2D eigenvalue weighted by atomic mass is 16.2. The first-order chi connectivity index (χ1) is 50.3. The van der Waals surface area contributed by atoms with Crippen molar-refractivity contribution < 1.29 is 52.7 Å². The van der Waals surface area contributed by atoms with E-state index in [1.807, 2.05) is 83.1 Å². The molecule has 0 radical (unpaired) electrons. The van der Waals surface area contributed by atoms with Gasteiger partial charge in [-0.15, -0.1) is 0 Å². The van der Waals surface area contributed by atoms with Crippen molar-refractivity contribution in [2.45, 2.75) is 458 Å². The number of carbonyl (C=O) groups is 11. The highest BCUT2D eigenvalue weighted by molar-refractivity contribution is 5.87. The molecule has 0 saturated carbocycles. The van der Waals surface area contributed by atoms with E-state index in [0.29, 0.717) is 87.7 Å². The van der Waals surface area contributed by atoms with Gasteiger partial charge in [0.15, 0.2) is 11.6 Å². The minimum atomic E-state index is -0.0260. The van der Waals surface area contributed by atoms with Gasteiger partial charge >= 0.3 is 0 Å². The summed E-state index contributed by atoms with van der Waals surface area (Å²) in [4.78, 5) is 129. The van der Waals surface area contributed by atoms with E-state index in [0.717, 1.165) is 167 Å². The van der Waals surface area contributed by atoms with Gasteiger partial charge < -0.3 is 31.9 Å². The van der Waals surface area contributed by atoms with Crippen LogP contribution in [0.4, 0.5) is 0 Å². The fourth-order valence-corrected chi connectivity index (χ4v) is 12.3.